The molecule has 1 rings (SSSR count). The number of halogens is 2. The average Bonchev–Trinajstić information content (AvgIpc) is 2.59. The normalized spacial score (nSPS) is 10.7. The molecule has 1 aromatic carbocycles. The monoisotopic (exact) mass is 399 g/mol. The van der Waals surface area contributed by atoms with E-state index in [-0.39, 0.29) is 16.5 Å². The number of hydrogen-bond acceptors (Lipinski definition) is 2. The van der Waals surface area contributed by atoms with Crippen molar-refractivity contribution in [1.29, 1.82) is 0 Å². The van der Waals surface area contributed by atoms with Crippen molar-refractivity contribution in [3.63, 3.8) is 0 Å². The topological polar surface area (TPSA) is 46.2 Å². The van der Waals surface area contributed by atoms with E-state index in [2.05, 4.69) is 12.2 Å². The SMILES string of the molecule is CCCCCCCCCCCCCC(=O)Nc1ccc(C(=O)Cl)c(Cl)c1. The first-order valence-electron chi connectivity index (χ1n) is 9.83. The zero-order chi connectivity index (χ0) is 19.2. The van der Waals surface area contributed by atoms with Gasteiger partial charge in [-0.2, -0.15) is 0 Å². The number of carbonyl (C=O) groups is 2. The molecule has 5 heteroatoms. The molecule has 0 saturated carbocycles. The molecule has 0 atom stereocenters. The molecular formula is C21H31Cl2NO2. The standard InChI is InChI=1S/C21H31Cl2NO2/c1-2-3-4-5-6-7-8-9-10-11-12-13-20(25)24-17-14-15-18(21(23)26)19(22)16-17/h14-16H,2-13H2,1H3,(H,24,25). The largest absolute Gasteiger partial charge is 0.326 e. The van der Waals surface area contributed by atoms with Crippen LogP contribution in [-0.4, -0.2) is 11.1 Å². The third-order valence-corrected chi connectivity index (χ3v) is 4.99. The zero-order valence-electron chi connectivity index (χ0n) is 15.8. The third kappa shape index (κ3) is 10.2. The summed E-state index contributed by atoms with van der Waals surface area (Å²) < 4.78 is 0. The minimum absolute atomic E-state index is 0.0260. The Morgan fingerprint density at radius 1 is 0.885 bits per heavy atom. The van der Waals surface area contributed by atoms with E-state index in [0.717, 1.165) is 12.8 Å². The lowest BCUT2D eigenvalue weighted by atomic mass is 10.1. The first-order chi connectivity index (χ1) is 12.5. The molecule has 0 spiro atoms. The molecule has 0 aromatic heterocycles. The average molecular weight is 400 g/mol. The molecule has 0 bridgehead atoms. The van der Waals surface area contributed by atoms with E-state index in [9.17, 15) is 9.59 Å². The van der Waals surface area contributed by atoms with E-state index in [4.69, 9.17) is 23.2 Å². The fraction of sp³-hybridized carbons (Fsp3) is 0.619. The number of nitrogens with one attached hydrogen (secondary N) is 1. The predicted molar refractivity (Wildman–Crippen MR) is 111 cm³/mol. The highest BCUT2D eigenvalue weighted by Crippen LogP contribution is 2.22. The summed E-state index contributed by atoms with van der Waals surface area (Å²) in [5, 5.41) is 2.45. The van der Waals surface area contributed by atoms with E-state index in [1.165, 1.54) is 63.9 Å². The van der Waals surface area contributed by atoms with Gasteiger partial charge in [0.15, 0.2) is 0 Å². The Balaban J connectivity index is 2.07. The molecule has 1 aromatic rings. The summed E-state index contributed by atoms with van der Waals surface area (Å²) in [4.78, 5) is 23.1. The van der Waals surface area contributed by atoms with Crippen LogP contribution < -0.4 is 5.32 Å². The third-order valence-electron chi connectivity index (χ3n) is 4.47. The van der Waals surface area contributed by atoms with Crippen molar-refractivity contribution in [2.75, 3.05) is 5.32 Å². The molecule has 1 N–H and O–H groups in total. The van der Waals surface area contributed by atoms with Crippen LogP contribution in [0.2, 0.25) is 5.02 Å². The van der Waals surface area contributed by atoms with Gasteiger partial charge in [-0.1, -0.05) is 82.7 Å². The number of anilines is 1. The molecule has 0 heterocycles. The first-order valence-corrected chi connectivity index (χ1v) is 10.6. The van der Waals surface area contributed by atoms with Gasteiger partial charge >= 0.3 is 0 Å². The van der Waals surface area contributed by atoms with Gasteiger partial charge in [-0.15, -0.1) is 0 Å². The van der Waals surface area contributed by atoms with Crippen LogP contribution in [-0.2, 0) is 4.79 Å². The maximum atomic E-state index is 12.0. The summed E-state index contributed by atoms with van der Waals surface area (Å²) in [5.41, 5.74) is 0.835. The number of hydrogen-bond donors (Lipinski definition) is 1. The van der Waals surface area contributed by atoms with E-state index in [1.54, 1.807) is 12.1 Å². The number of carbonyl (C=O) groups excluding carboxylic acids is 2. The van der Waals surface area contributed by atoms with Crippen molar-refractivity contribution in [3.8, 4) is 0 Å². The zero-order valence-corrected chi connectivity index (χ0v) is 17.3. The van der Waals surface area contributed by atoms with Gasteiger partial charge in [0.1, 0.15) is 0 Å². The van der Waals surface area contributed by atoms with Crippen molar-refractivity contribution in [1.82, 2.24) is 0 Å². The van der Waals surface area contributed by atoms with Crippen molar-refractivity contribution in [3.05, 3.63) is 28.8 Å². The van der Waals surface area contributed by atoms with Crippen LogP contribution in [0.1, 0.15) is 94.3 Å². The van der Waals surface area contributed by atoms with Crippen LogP contribution in [0.15, 0.2) is 18.2 Å². The van der Waals surface area contributed by atoms with Crippen LogP contribution in [0, 0.1) is 0 Å². The molecule has 0 aliphatic rings. The maximum absolute atomic E-state index is 12.0. The Labute approximate surface area is 167 Å². The van der Waals surface area contributed by atoms with Crippen molar-refractivity contribution < 1.29 is 9.59 Å². The molecule has 3 nitrogen and oxygen atoms in total. The van der Waals surface area contributed by atoms with Crippen LogP contribution in [0.4, 0.5) is 5.69 Å². The van der Waals surface area contributed by atoms with Gasteiger partial charge < -0.3 is 5.32 Å². The second-order valence-corrected chi connectivity index (χ2v) is 7.55. The second kappa shape index (κ2) is 14.1. The molecule has 0 aliphatic carbocycles. The highest BCUT2D eigenvalue weighted by molar-refractivity contribution is 6.68. The molecule has 146 valence electrons. The molecule has 0 aliphatic heterocycles. The van der Waals surface area contributed by atoms with Crippen LogP contribution in [0.5, 0.6) is 0 Å². The Hall–Kier alpha value is -1.06. The van der Waals surface area contributed by atoms with Crippen LogP contribution >= 0.6 is 23.2 Å². The second-order valence-electron chi connectivity index (χ2n) is 6.80. The fourth-order valence-corrected chi connectivity index (χ4v) is 3.41. The highest BCUT2D eigenvalue weighted by Gasteiger charge is 2.09. The number of benzene rings is 1. The van der Waals surface area contributed by atoms with Gasteiger partial charge in [0.05, 0.1) is 10.6 Å². The minimum Gasteiger partial charge on any atom is -0.326 e. The lowest BCUT2D eigenvalue weighted by Gasteiger charge is -2.07. The molecule has 1 amide bonds. The lowest BCUT2D eigenvalue weighted by molar-refractivity contribution is -0.116. The maximum Gasteiger partial charge on any atom is 0.253 e. The van der Waals surface area contributed by atoms with Crippen LogP contribution in [0.3, 0.4) is 0 Å². The summed E-state index contributed by atoms with van der Waals surface area (Å²) in [6, 6.07) is 4.71. The van der Waals surface area contributed by atoms with Gasteiger partial charge in [-0.05, 0) is 36.2 Å². The Bertz CT molecular complexity index is 561. The van der Waals surface area contributed by atoms with Crippen molar-refractivity contribution >= 4 is 40.0 Å². The molecule has 0 fully saturated rings. The molecule has 0 unspecified atom stereocenters. The number of unbranched alkanes of at least 4 members (excludes halogenated alkanes) is 10. The smallest absolute Gasteiger partial charge is 0.253 e. The Morgan fingerprint density at radius 3 is 1.92 bits per heavy atom. The summed E-state index contributed by atoms with van der Waals surface area (Å²) in [6.07, 6.45) is 14.4. The fourth-order valence-electron chi connectivity index (χ4n) is 2.93. The van der Waals surface area contributed by atoms with Crippen molar-refractivity contribution in [2.24, 2.45) is 0 Å². The lowest BCUT2D eigenvalue weighted by Crippen LogP contribution is -2.11. The first kappa shape index (κ1) is 23.0. The summed E-state index contributed by atoms with van der Waals surface area (Å²) in [6.45, 7) is 2.24. The van der Waals surface area contributed by atoms with E-state index < -0.39 is 5.24 Å². The summed E-state index contributed by atoms with van der Waals surface area (Å²) >= 11 is 11.4. The van der Waals surface area contributed by atoms with Gasteiger partial charge in [-0.3, -0.25) is 9.59 Å². The minimum atomic E-state index is -0.603. The molecular weight excluding hydrogens is 369 g/mol. The van der Waals surface area contributed by atoms with Crippen molar-refractivity contribution in [2.45, 2.75) is 84.0 Å². The van der Waals surface area contributed by atoms with E-state index >= 15 is 0 Å². The number of rotatable bonds is 14. The van der Waals surface area contributed by atoms with Gasteiger partial charge in [0, 0.05) is 12.1 Å². The summed E-state index contributed by atoms with van der Waals surface area (Å²) in [7, 11) is 0. The highest BCUT2D eigenvalue weighted by atomic mass is 35.5. The van der Waals surface area contributed by atoms with Crippen LogP contribution in [0.25, 0.3) is 0 Å². The summed E-state index contributed by atoms with van der Waals surface area (Å²) in [5.74, 6) is -0.0260. The molecule has 26 heavy (non-hydrogen) atoms. The Morgan fingerprint density at radius 2 is 1.42 bits per heavy atom. The van der Waals surface area contributed by atoms with E-state index in [0.29, 0.717) is 12.1 Å². The van der Waals surface area contributed by atoms with E-state index in [1.807, 2.05) is 0 Å². The van der Waals surface area contributed by atoms with Gasteiger partial charge in [0.25, 0.3) is 5.24 Å². The van der Waals surface area contributed by atoms with Gasteiger partial charge in [-0.25, -0.2) is 0 Å². The Kier molecular flexibility index (Phi) is 12.4. The molecule has 0 radical (unpaired) electrons. The van der Waals surface area contributed by atoms with Gasteiger partial charge in [0.2, 0.25) is 5.91 Å². The number of amides is 1. The quantitative estimate of drug-likeness (QED) is 0.262. The molecule has 0 saturated heterocycles. The predicted octanol–water partition coefficient (Wildman–Crippen LogP) is 7.36.